The van der Waals surface area contributed by atoms with Gasteiger partial charge in [0.25, 0.3) is 0 Å². The fourth-order valence-corrected chi connectivity index (χ4v) is 0.249. The summed E-state index contributed by atoms with van der Waals surface area (Å²) in [6.07, 6.45) is 4.79. The van der Waals surface area contributed by atoms with Crippen molar-refractivity contribution in [3.05, 3.63) is 0 Å². The molecule has 8 heavy (non-hydrogen) atoms. The molecule has 0 aliphatic carbocycles. The number of ketones is 1. The van der Waals surface area contributed by atoms with Gasteiger partial charge in [0, 0.05) is 12.5 Å². The van der Waals surface area contributed by atoms with Crippen molar-refractivity contribution < 1.29 is 4.79 Å². The van der Waals surface area contributed by atoms with Crippen LogP contribution in [0.1, 0.15) is 6.92 Å². The van der Waals surface area contributed by atoms with Gasteiger partial charge in [-0.1, -0.05) is 6.92 Å². The lowest BCUT2D eigenvalue weighted by molar-refractivity contribution is -0.116. The molecular formula is C6H9NO. The van der Waals surface area contributed by atoms with Gasteiger partial charge < -0.3 is 5.73 Å². The molecule has 0 spiro atoms. The van der Waals surface area contributed by atoms with E-state index in [1.165, 1.54) is 0 Å². The zero-order valence-corrected chi connectivity index (χ0v) is 4.85. The van der Waals surface area contributed by atoms with E-state index in [0.29, 0.717) is 6.54 Å². The monoisotopic (exact) mass is 111 g/mol. The summed E-state index contributed by atoms with van der Waals surface area (Å²) < 4.78 is 0. The van der Waals surface area contributed by atoms with Gasteiger partial charge in [-0.2, -0.15) is 0 Å². The molecule has 0 aliphatic heterocycles. The van der Waals surface area contributed by atoms with Gasteiger partial charge in [-0.05, 0) is 5.92 Å². The maximum absolute atomic E-state index is 10.4. The second-order valence-corrected chi connectivity index (χ2v) is 1.65. The molecule has 0 radical (unpaired) electrons. The van der Waals surface area contributed by atoms with Crippen molar-refractivity contribution in [2.45, 2.75) is 6.92 Å². The smallest absolute Gasteiger partial charge is 0.209 e. The average Bonchev–Trinajstić information content (AvgIpc) is 1.84. The molecule has 2 heteroatoms. The lowest BCUT2D eigenvalue weighted by Crippen LogP contribution is -2.18. The first kappa shape index (κ1) is 7.19. The predicted molar refractivity (Wildman–Crippen MR) is 32.1 cm³/mol. The van der Waals surface area contributed by atoms with Gasteiger partial charge in [-0.3, -0.25) is 4.79 Å². The highest BCUT2D eigenvalue weighted by atomic mass is 16.1. The van der Waals surface area contributed by atoms with E-state index < -0.39 is 0 Å². The third kappa shape index (κ3) is 1.76. The highest BCUT2D eigenvalue weighted by molar-refractivity contribution is 5.96. The molecule has 1 atom stereocenters. The average molecular weight is 111 g/mol. The van der Waals surface area contributed by atoms with E-state index in [9.17, 15) is 4.79 Å². The van der Waals surface area contributed by atoms with Gasteiger partial charge in [0.05, 0.1) is 0 Å². The van der Waals surface area contributed by atoms with Gasteiger partial charge in [-0.25, -0.2) is 0 Å². The first-order valence-corrected chi connectivity index (χ1v) is 2.43. The maximum Gasteiger partial charge on any atom is 0.209 e. The second kappa shape index (κ2) is 3.23. The Morgan fingerprint density at radius 2 is 2.50 bits per heavy atom. The Balaban J connectivity index is 3.68. The van der Waals surface area contributed by atoms with E-state index in [2.05, 4.69) is 0 Å². The quantitative estimate of drug-likeness (QED) is 0.395. The molecular weight excluding hydrogens is 102 g/mol. The van der Waals surface area contributed by atoms with Crippen LogP contribution in [0.25, 0.3) is 0 Å². The van der Waals surface area contributed by atoms with Crippen LogP contribution in [-0.2, 0) is 4.79 Å². The predicted octanol–water partition coefficient (Wildman–Crippen LogP) is -0.217. The summed E-state index contributed by atoms with van der Waals surface area (Å²) in [6.45, 7) is 2.05. The van der Waals surface area contributed by atoms with Crippen molar-refractivity contribution in [1.29, 1.82) is 0 Å². The summed E-state index contributed by atoms with van der Waals surface area (Å²) in [5, 5.41) is 0. The molecule has 0 aromatic carbocycles. The number of nitrogens with two attached hydrogens (primary N) is 1. The van der Waals surface area contributed by atoms with E-state index >= 15 is 0 Å². The summed E-state index contributed by atoms with van der Waals surface area (Å²) in [7, 11) is 0. The summed E-state index contributed by atoms with van der Waals surface area (Å²) >= 11 is 0. The number of hydrogen-bond acceptors (Lipinski definition) is 2. The van der Waals surface area contributed by atoms with Crippen molar-refractivity contribution in [3.8, 4) is 12.3 Å². The van der Waals surface area contributed by atoms with Crippen molar-refractivity contribution in [2.75, 3.05) is 6.54 Å². The van der Waals surface area contributed by atoms with E-state index in [1.807, 2.05) is 5.92 Å². The number of hydrogen-bond donors (Lipinski definition) is 1. The Hall–Kier alpha value is -0.810. The van der Waals surface area contributed by atoms with Crippen LogP contribution in [0.4, 0.5) is 0 Å². The lowest BCUT2D eigenvalue weighted by Gasteiger charge is -1.97. The molecule has 0 bridgehead atoms. The maximum atomic E-state index is 10.4. The fraction of sp³-hybridized carbons (Fsp3) is 0.500. The van der Waals surface area contributed by atoms with Gasteiger partial charge >= 0.3 is 0 Å². The number of carbonyl (C=O) groups excluding carboxylic acids is 1. The molecule has 2 N–H and O–H groups in total. The Morgan fingerprint density at radius 1 is 2.00 bits per heavy atom. The Morgan fingerprint density at radius 3 is 2.62 bits per heavy atom. The third-order valence-corrected chi connectivity index (χ3v) is 0.943. The zero-order valence-electron chi connectivity index (χ0n) is 4.85. The van der Waals surface area contributed by atoms with E-state index in [0.717, 1.165) is 0 Å². The van der Waals surface area contributed by atoms with Crippen LogP contribution in [0.5, 0.6) is 0 Å². The van der Waals surface area contributed by atoms with Crippen molar-refractivity contribution >= 4 is 5.78 Å². The van der Waals surface area contributed by atoms with Crippen LogP contribution < -0.4 is 5.73 Å². The first-order valence-electron chi connectivity index (χ1n) is 2.43. The molecule has 0 saturated heterocycles. The highest BCUT2D eigenvalue weighted by Crippen LogP contribution is 1.89. The Bertz CT molecular complexity index is 123. The lowest BCUT2D eigenvalue weighted by atomic mass is 10.1. The Kier molecular flexibility index (Phi) is 2.90. The minimum atomic E-state index is -0.215. The number of terminal acetylenes is 1. The van der Waals surface area contributed by atoms with E-state index in [4.69, 9.17) is 12.2 Å². The molecule has 0 aromatic heterocycles. The largest absolute Gasteiger partial charge is 0.330 e. The standard InChI is InChI=1S/C6H9NO/c1-3-6(8)5(2)4-7/h1,5H,4,7H2,2H3. The molecule has 0 heterocycles. The van der Waals surface area contributed by atoms with Crippen LogP contribution in [0.15, 0.2) is 0 Å². The van der Waals surface area contributed by atoms with Crippen LogP contribution in [0.3, 0.4) is 0 Å². The normalized spacial score (nSPS) is 12.1. The van der Waals surface area contributed by atoms with Gasteiger partial charge in [0.2, 0.25) is 5.78 Å². The number of rotatable bonds is 2. The summed E-state index contributed by atoms with van der Waals surface area (Å²) in [5.41, 5.74) is 5.13. The number of carbonyl (C=O) groups is 1. The van der Waals surface area contributed by atoms with Gasteiger partial charge in [0.15, 0.2) is 0 Å². The molecule has 0 saturated carbocycles. The second-order valence-electron chi connectivity index (χ2n) is 1.65. The zero-order chi connectivity index (χ0) is 6.57. The molecule has 0 rings (SSSR count). The molecule has 0 fully saturated rings. The molecule has 1 unspecified atom stereocenters. The van der Waals surface area contributed by atoms with E-state index in [-0.39, 0.29) is 11.7 Å². The molecule has 44 valence electrons. The molecule has 0 amide bonds. The van der Waals surface area contributed by atoms with Crippen molar-refractivity contribution in [2.24, 2.45) is 11.7 Å². The van der Waals surface area contributed by atoms with Gasteiger partial charge in [-0.15, -0.1) is 6.42 Å². The first-order chi connectivity index (χ1) is 3.72. The minimum Gasteiger partial charge on any atom is -0.330 e. The molecule has 2 nitrogen and oxygen atoms in total. The Labute approximate surface area is 49.1 Å². The van der Waals surface area contributed by atoms with Gasteiger partial charge in [0.1, 0.15) is 0 Å². The van der Waals surface area contributed by atoms with Crippen molar-refractivity contribution in [1.82, 2.24) is 0 Å². The summed E-state index contributed by atoms with van der Waals surface area (Å²) in [4.78, 5) is 10.4. The minimum absolute atomic E-state index is 0.181. The summed E-state index contributed by atoms with van der Waals surface area (Å²) in [6, 6.07) is 0. The van der Waals surface area contributed by atoms with Crippen LogP contribution in [0, 0.1) is 18.3 Å². The SMILES string of the molecule is C#CC(=O)C(C)CN. The molecule has 0 aliphatic rings. The topological polar surface area (TPSA) is 43.1 Å². The van der Waals surface area contributed by atoms with Crippen LogP contribution in [0.2, 0.25) is 0 Å². The fourth-order valence-electron chi connectivity index (χ4n) is 0.249. The third-order valence-electron chi connectivity index (χ3n) is 0.943. The van der Waals surface area contributed by atoms with Crippen molar-refractivity contribution in [3.63, 3.8) is 0 Å². The number of Topliss-reactive ketones (excluding diaryl/α,β-unsaturated/α-hetero) is 1. The van der Waals surface area contributed by atoms with E-state index in [1.54, 1.807) is 6.92 Å². The molecule has 0 aromatic rings. The summed E-state index contributed by atoms with van der Waals surface area (Å²) in [5.74, 6) is 1.60. The highest BCUT2D eigenvalue weighted by Gasteiger charge is 2.05. The van der Waals surface area contributed by atoms with Crippen LogP contribution >= 0.6 is 0 Å². The van der Waals surface area contributed by atoms with Crippen LogP contribution in [-0.4, -0.2) is 12.3 Å².